The van der Waals surface area contributed by atoms with Gasteiger partial charge in [-0.25, -0.2) is 4.68 Å². The van der Waals surface area contributed by atoms with Crippen LogP contribution in [0.15, 0.2) is 79.0 Å². The highest BCUT2D eigenvalue weighted by Crippen LogP contribution is 2.34. The van der Waals surface area contributed by atoms with Crippen molar-refractivity contribution in [1.82, 2.24) is 9.78 Å². The number of anilines is 2. The van der Waals surface area contributed by atoms with Gasteiger partial charge in [-0.2, -0.15) is 5.10 Å². The Morgan fingerprint density at radius 2 is 1.85 bits per heavy atom. The summed E-state index contributed by atoms with van der Waals surface area (Å²) >= 11 is 0. The van der Waals surface area contributed by atoms with Gasteiger partial charge in [0, 0.05) is 17.4 Å². The van der Waals surface area contributed by atoms with Gasteiger partial charge in [-0.1, -0.05) is 30.3 Å². The molecule has 2 N–H and O–H groups in total. The molecule has 0 aliphatic carbocycles. The average Bonchev–Trinajstić information content (AvgIpc) is 3.31. The summed E-state index contributed by atoms with van der Waals surface area (Å²) in [5.74, 6) is 0.576. The van der Waals surface area contributed by atoms with Crippen molar-refractivity contribution in [3.63, 3.8) is 0 Å². The Hall–Kier alpha value is -4.59. The third kappa shape index (κ3) is 3.97. The van der Waals surface area contributed by atoms with Crippen molar-refractivity contribution in [2.75, 3.05) is 17.7 Å². The molecule has 0 saturated carbocycles. The summed E-state index contributed by atoms with van der Waals surface area (Å²) in [7, 11) is 1.58. The quantitative estimate of drug-likeness (QED) is 0.462. The lowest BCUT2D eigenvalue weighted by Crippen LogP contribution is -2.34. The molecule has 1 atom stereocenters. The van der Waals surface area contributed by atoms with E-state index in [4.69, 9.17) is 14.6 Å². The molecular weight excluding hydrogens is 432 g/mol. The molecule has 0 bridgehead atoms. The number of carbonyl (C=O) groups is 2. The van der Waals surface area contributed by atoms with E-state index in [0.29, 0.717) is 39.7 Å². The molecule has 4 aromatic rings. The fourth-order valence-corrected chi connectivity index (χ4v) is 3.78. The molecule has 0 saturated heterocycles. The first-order valence-corrected chi connectivity index (χ1v) is 10.7. The van der Waals surface area contributed by atoms with Gasteiger partial charge in [0.2, 0.25) is 0 Å². The Labute approximate surface area is 196 Å². The second-order valence-electron chi connectivity index (χ2n) is 7.79. The highest BCUT2D eigenvalue weighted by Gasteiger charge is 2.25. The van der Waals surface area contributed by atoms with E-state index >= 15 is 0 Å². The van der Waals surface area contributed by atoms with E-state index in [0.717, 1.165) is 5.69 Å². The smallest absolute Gasteiger partial charge is 0.265 e. The van der Waals surface area contributed by atoms with Crippen LogP contribution in [0.2, 0.25) is 0 Å². The van der Waals surface area contributed by atoms with Gasteiger partial charge in [0.15, 0.2) is 6.10 Å². The lowest BCUT2D eigenvalue weighted by molar-refractivity contribution is -0.122. The minimum Gasteiger partial charge on any atom is -0.496 e. The van der Waals surface area contributed by atoms with Gasteiger partial charge in [-0.15, -0.1) is 0 Å². The molecule has 1 unspecified atom stereocenters. The third-order valence-electron chi connectivity index (χ3n) is 5.51. The SMILES string of the molecule is COc1ccccc1-c1nn(-c2ccccc2)cc1C(=O)Nc1ccc2c(c1)NC(=O)C(C)O2. The molecule has 8 heteroatoms. The molecule has 34 heavy (non-hydrogen) atoms. The van der Waals surface area contributed by atoms with Crippen LogP contribution in [-0.4, -0.2) is 34.8 Å². The Morgan fingerprint density at radius 1 is 1.09 bits per heavy atom. The summed E-state index contributed by atoms with van der Waals surface area (Å²) in [6, 6.07) is 22.1. The number of nitrogens with one attached hydrogen (secondary N) is 2. The van der Waals surface area contributed by atoms with Crippen molar-refractivity contribution < 1.29 is 19.1 Å². The number of rotatable bonds is 5. The largest absolute Gasteiger partial charge is 0.496 e. The highest BCUT2D eigenvalue weighted by atomic mass is 16.5. The van der Waals surface area contributed by atoms with Crippen molar-refractivity contribution in [2.24, 2.45) is 0 Å². The Bertz CT molecular complexity index is 1380. The summed E-state index contributed by atoms with van der Waals surface area (Å²) in [6.07, 6.45) is 1.12. The van der Waals surface area contributed by atoms with Crippen LogP contribution in [0.3, 0.4) is 0 Å². The number of hydrogen-bond donors (Lipinski definition) is 2. The molecule has 2 heterocycles. The number of amides is 2. The van der Waals surface area contributed by atoms with Gasteiger partial charge >= 0.3 is 0 Å². The maximum Gasteiger partial charge on any atom is 0.265 e. The normalized spacial score (nSPS) is 14.5. The van der Waals surface area contributed by atoms with Gasteiger partial charge in [-0.3, -0.25) is 9.59 Å². The predicted octanol–water partition coefficient (Wildman–Crippen LogP) is 4.52. The zero-order valence-electron chi connectivity index (χ0n) is 18.6. The zero-order valence-corrected chi connectivity index (χ0v) is 18.6. The number of nitrogens with zero attached hydrogens (tertiary/aromatic N) is 2. The van der Waals surface area contributed by atoms with Gasteiger partial charge in [-0.05, 0) is 49.4 Å². The summed E-state index contributed by atoms with van der Waals surface area (Å²) < 4.78 is 12.8. The van der Waals surface area contributed by atoms with Crippen molar-refractivity contribution in [3.05, 3.63) is 84.6 Å². The molecule has 1 aromatic heterocycles. The summed E-state index contributed by atoms with van der Waals surface area (Å²) in [6.45, 7) is 1.68. The van der Waals surface area contributed by atoms with Crippen molar-refractivity contribution >= 4 is 23.2 Å². The third-order valence-corrected chi connectivity index (χ3v) is 5.51. The molecule has 8 nitrogen and oxygen atoms in total. The molecule has 0 fully saturated rings. The first-order valence-electron chi connectivity index (χ1n) is 10.7. The van der Waals surface area contributed by atoms with E-state index in [2.05, 4.69) is 10.6 Å². The maximum absolute atomic E-state index is 13.4. The summed E-state index contributed by atoms with van der Waals surface area (Å²) in [4.78, 5) is 25.4. The molecular formula is C26H22N4O4. The van der Waals surface area contributed by atoms with Crippen molar-refractivity contribution in [3.8, 4) is 28.4 Å². The zero-order chi connectivity index (χ0) is 23.7. The number of hydrogen-bond acceptors (Lipinski definition) is 5. The summed E-state index contributed by atoms with van der Waals surface area (Å²) in [5, 5.41) is 10.4. The number of carbonyl (C=O) groups excluding carboxylic acids is 2. The minimum atomic E-state index is -0.569. The molecule has 0 radical (unpaired) electrons. The van der Waals surface area contributed by atoms with Crippen LogP contribution in [-0.2, 0) is 4.79 Å². The van der Waals surface area contributed by atoms with E-state index in [1.165, 1.54) is 0 Å². The van der Waals surface area contributed by atoms with E-state index in [1.54, 1.807) is 43.1 Å². The molecule has 1 aliphatic heterocycles. The number of benzene rings is 3. The molecule has 170 valence electrons. The second-order valence-corrected chi connectivity index (χ2v) is 7.79. The van der Waals surface area contributed by atoms with E-state index in [-0.39, 0.29) is 11.8 Å². The van der Waals surface area contributed by atoms with Gasteiger partial charge in [0.1, 0.15) is 17.2 Å². The number of para-hydroxylation sites is 2. The lowest BCUT2D eigenvalue weighted by atomic mass is 10.1. The molecule has 5 rings (SSSR count). The highest BCUT2D eigenvalue weighted by molar-refractivity contribution is 6.09. The Balaban J connectivity index is 1.52. The predicted molar refractivity (Wildman–Crippen MR) is 129 cm³/mol. The molecule has 0 spiro atoms. The van der Waals surface area contributed by atoms with E-state index in [1.807, 2.05) is 54.6 Å². The lowest BCUT2D eigenvalue weighted by Gasteiger charge is -2.23. The van der Waals surface area contributed by atoms with E-state index in [9.17, 15) is 9.59 Å². The Kier molecular flexibility index (Phi) is 5.47. The number of ether oxygens (including phenoxy) is 2. The van der Waals surface area contributed by atoms with Crippen molar-refractivity contribution in [1.29, 1.82) is 0 Å². The minimum absolute atomic E-state index is 0.237. The second kappa shape index (κ2) is 8.74. The maximum atomic E-state index is 13.4. The van der Waals surface area contributed by atoms with Crippen LogP contribution in [0.4, 0.5) is 11.4 Å². The van der Waals surface area contributed by atoms with Crippen LogP contribution >= 0.6 is 0 Å². The monoisotopic (exact) mass is 454 g/mol. The average molecular weight is 454 g/mol. The summed E-state index contributed by atoms with van der Waals surface area (Å²) in [5.41, 5.74) is 3.40. The van der Waals surface area contributed by atoms with Gasteiger partial charge < -0.3 is 20.1 Å². The van der Waals surface area contributed by atoms with Crippen molar-refractivity contribution in [2.45, 2.75) is 13.0 Å². The molecule has 1 aliphatic rings. The van der Waals surface area contributed by atoms with Crippen LogP contribution in [0.25, 0.3) is 16.9 Å². The van der Waals surface area contributed by atoms with Crippen LogP contribution < -0.4 is 20.1 Å². The first-order chi connectivity index (χ1) is 16.5. The fraction of sp³-hybridized carbons (Fsp3) is 0.115. The number of aromatic nitrogens is 2. The standard InChI is InChI=1S/C26H22N4O4/c1-16-25(31)28-21-14-17(12-13-23(21)34-16)27-26(32)20-15-30(18-8-4-3-5-9-18)29-24(20)19-10-6-7-11-22(19)33-2/h3-16H,1-2H3,(H,27,32)(H,28,31). The Morgan fingerprint density at radius 3 is 2.65 bits per heavy atom. The first kappa shape index (κ1) is 21.3. The van der Waals surface area contributed by atoms with E-state index < -0.39 is 6.10 Å². The molecule has 3 aromatic carbocycles. The van der Waals surface area contributed by atoms with Crippen LogP contribution in [0.5, 0.6) is 11.5 Å². The number of fused-ring (bicyclic) bond motifs is 1. The van der Waals surface area contributed by atoms with Gasteiger partial charge in [0.05, 0.1) is 24.0 Å². The fourth-order valence-electron chi connectivity index (χ4n) is 3.78. The van der Waals surface area contributed by atoms with Gasteiger partial charge in [0.25, 0.3) is 11.8 Å². The number of methoxy groups -OCH3 is 1. The molecule has 2 amide bonds. The van der Waals surface area contributed by atoms with Crippen LogP contribution in [0, 0.1) is 0 Å². The topological polar surface area (TPSA) is 94.5 Å². The van der Waals surface area contributed by atoms with Crippen LogP contribution in [0.1, 0.15) is 17.3 Å².